The van der Waals surface area contributed by atoms with E-state index in [0.29, 0.717) is 25.7 Å². The third kappa shape index (κ3) is 13.6. The Morgan fingerprint density at radius 1 is 1.00 bits per heavy atom. The fraction of sp³-hybridized carbons (Fsp3) is 0.667. The van der Waals surface area contributed by atoms with Crippen molar-refractivity contribution in [1.29, 1.82) is 0 Å². The summed E-state index contributed by atoms with van der Waals surface area (Å²) in [5.74, 6) is -1.05. The number of hydrogen-bond acceptors (Lipinski definition) is 3. The molecule has 4 nitrogen and oxygen atoms in total. The van der Waals surface area contributed by atoms with Crippen LogP contribution in [0.5, 0.6) is 0 Å². The molecule has 0 spiro atoms. The van der Waals surface area contributed by atoms with Crippen LogP contribution in [0.4, 0.5) is 0 Å². The Hall–Kier alpha value is -1.42. The number of ketones is 1. The topological polar surface area (TPSA) is 74.6 Å². The molecule has 0 aliphatic rings. The van der Waals surface area contributed by atoms with Crippen LogP contribution in [0.25, 0.3) is 0 Å². The molecule has 0 aromatic carbocycles. The van der Waals surface area contributed by atoms with Gasteiger partial charge in [-0.15, -0.1) is 0 Å². The van der Waals surface area contributed by atoms with Gasteiger partial charge in [0.2, 0.25) is 0 Å². The molecule has 0 aliphatic heterocycles. The van der Waals surface area contributed by atoms with E-state index in [2.05, 4.69) is 6.92 Å². The molecule has 0 bridgehead atoms. The van der Waals surface area contributed by atoms with E-state index in [1.165, 1.54) is 31.8 Å². The summed E-state index contributed by atoms with van der Waals surface area (Å²) in [4.78, 5) is 21.9. The Morgan fingerprint density at radius 2 is 1.68 bits per heavy atom. The number of aliphatic hydroxyl groups is 1. The first-order valence-electron chi connectivity index (χ1n) is 8.34. The number of carboxylic acids is 1. The van der Waals surface area contributed by atoms with Crippen molar-refractivity contribution >= 4 is 11.8 Å². The molecule has 0 saturated heterocycles. The van der Waals surface area contributed by atoms with Crippen LogP contribution in [0.1, 0.15) is 71.1 Å². The molecule has 2 N–H and O–H groups in total. The molecule has 0 saturated carbocycles. The van der Waals surface area contributed by atoms with Gasteiger partial charge >= 0.3 is 5.97 Å². The predicted octanol–water partition coefficient (Wildman–Crippen LogP) is 4.03. The SMILES string of the molecule is CCCCCCCCC(O)C(=O)CCCC=CC=CC(=O)O. The molecule has 0 aromatic rings. The van der Waals surface area contributed by atoms with Gasteiger partial charge in [-0.3, -0.25) is 4.79 Å². The van der Waals surface area contributed by atoms with Crippen molar-refractivity contribution in [2.24, 2.45) is 0 Å². The second-order valence-corrected chi connectivity index (χ2v) is 5.56. The highest BCUT2D eigenvalue weighted by Gasteiger charge is 2.13. The summed E-state index contributed by atoms with van der Waals surface area (Å²) in [6.07, 6.45) is 14.4. The summed E-state index contributed by atoms with van der Waals surface area (Å²) in [5.41, 5.74) is 0. The van der Waals surface area contributed by atoms with E-state index in [0.717, 1.165) is 18.9 Å². The Morgan fingerprint density at radius 3 is 2.36 bits per heavy atom. The highest BCUT2D eigenvalue weighted by Crippen LogP contribution is 2.11. The van der Waals surface area contributed by atoms with Crippen molar-refractivity contribution in [1.82, 2.24) is 0 Å². The Bertz CT molecular complexity index is 358. The monoisotopic (exact) mass is 310 g/mol. The number of aliphatic hydroxyl groups excluding tert-OH is 1. The van der Waals surface area contributed by atoms with E-state index < -0.39 is 12.1 Å². The molecule has 1 unspecified atom stereocenters. The fourth-order valence-electron chi connectivity index (χ4n) is 2.15. The van der Waals surface area contributed by atoms with Gasteiger partial charge in [-0.2, -0.15) is 0 Å². The maximum absolute atomic E-state index is 11.7. The van der Waals surface area contributed by atoms with Crippen LogP contribution in [0.15, 0.2) is 24.3 Å². The minimum Gasteiger partial charge on any atom is -0.478 e. The highest BCUT2D eigenvalue weighted by atomic mass is 16.4. The second kappa shape index (κ2) is 14.5. The molecular formula is C18H30O4. The minimum absolute atomic E-state index is 0.0805. The van der Waals surface area contributed by atoms with Crippen molar-refractivity contribution in [2.75, 3.05) is 0 Å². The van der Waals surface area contributed by atoms with Crippen molar-refractivity contribution in [3.8, 4) is 0 Å². The lowest BCUT2D eigenvalue weighted by molar-refractivity contribution is -0.131. The highest BCUT2D eigenvalue weighted by molar-refractivity contribution is 5.82. The normalized spacial score (nSPS) is 13.0. The van der Waals surface area contributed by atoms with Crippen LogP contribution in [-0.4, -0.2) is 28.1 Å². The first-order valence-corrected chi connectivity index (χ1v) is 8.34. The first-order chi connectivity index (χ1) is 10.6. The van der Waals surface area contributed by atoms with Gasteiger partial charge in [0, 0.05) is 12.5 Å². The van der Waals surface area contributed by atoms with Crippen LogP contribution in [0, 0.1) is 0 Å². The summed E-state index contributed by atoms with van der Waals surface area (Å²) in [7, 11) is 0. The van der Waals surface area contributed by atoms with E-state index in [-0.39, 0.29) is 5.78 Å². The number of carbonyl (C=O) groups is 2. The zero-order chi connectivity index (χ0) is 16.6. The Labute approximate surface area is 133 Å². The number of carboxylic acid groups (broad SMARTS) is 1. The number of Topliss-reactive ketones (excluding diaryl/α,β-unsaturated/α-hetero) is 1. The van der Waals surface area contributed by atoms with Gasteiger partial charge in [0.25, 0.3) is 0 Å². The zero-order valence-electron chi connectivity index (χ0n) is 13.7. The van der Waals surface area contributed by atoms with Gasteiger partial charge in [-0.1, -0.05) is 63.7 Å². The summed E-state index contributed by atoms with van der Waals surface area (Å²) < 4.78 is 0. The zero-order valence-corrected chi connectivity index (χ0v) is 13.7. The summed E-state index contributed by atoms with van der Waals surface area (Å²) >= 11 is 0. The summed E-state index contributed by atoms with van der Waals surface area (Å²) in [6.45, 7) is 2.18. The van der Waals surface area contributed by atoms with E-state index in [1.54, 1.807) is 6.08 Å². The number of allylic oxidation sites excluding steroid dienone is 3. The third-order valence-electron chi connectivity index (χ3n) is 3.48. The smallest absolute Gasteiger partial charge is 0.328 e. The van der Waals surface area contributed by atoms with Crippen molar-refractivity contribution in [2.45, 2.75) is 77.2 Å². The van der Waals surface area contributed by atoms with E-state index in [1.807, 2.05) is 6.08 Å². The average molecular weight is 310 g/mol. The van der Waals surface area contributed by atoms with Crippen molar-refractivity contribution in [3.63, 3.8) is 0 Å². The number of unbranched alkanes of at least 4 members (excludes halogenated alkanes) is 6. The standard InChI is InChI=1S/C18H30O4/c1-2-3-4-5-7-10-13-16(19)17(20)14-11-8-6-9-12-15-18(21)22/h6,9,12,15-16,19H,2-5,7-8,10-11,13-14H2,1H3,(H,21,22). The van der Waals surface area contributed by atoms with Crippen LogP contribution in [0.2, 0.25) is 0 Å². The lowest BCUT2D eigenvalue weighted by Gasteiger charge is -2.08. The number of aliphatic carboxylic acids is 1. The van der Waals surface area contributed by atoms with Crippen LogP contribution < -0.4 is 0 Å². The lowest BCUT2D eigenvalue weighted by atomic mass is 10.0. The second-order valence-electron chi connectivity index (χ2n) is 5.56. The van der Waals surface area contributed by atoms with Gasteiger partial charge < -0.3 is 10.2 Å². The lowest BCUT2D eigenvalue weighted by Crippen LogP contribution is -2.19. The molecule has 0 amide bonds. The van der Waals surface area contributed by atoms with Crippen molar-refractivity contribution in [3.05, 3.63) is 24.3 Å². The molecule has 4 heteroatoms. The van der Waals surface area contributed by atoms with Gasteiger partial charge in [0.15, 0.2) is 5.78 Å². The molecule has 0 aliphatic carbocycles. The van der Waals surface area contributed by atoms with E-state index in [4.69, 9.17) is 5.11 Å². The Kier molecular flexibility index (Phi) is 13.6. The average Bonchev–Trinajstić information content (AvgIpc) is 2.49. The molecule has 126 valence electrons. The quantitative estimate of drug-likeness (QED) is 0.288. The third-order valence-corrected chi connectivity index (χ3v) is 3.48. The molecule has 22 heavy (non-hydrogen) atoms. The summed E-state index contributed by atoms with van der Waals surface area (Å²) in [5, 5.41) is 18.2. The fourth-order valence-corrected chi connectivity index (χ4v) is 2.15. The maximum Gasteiger partial charge on any atom is 0.328 e. The molecule has 1 atom stereocenters. The first kappa shape index (κ1) is 20.6. The van der Waals surface area contributed by atoms with Crippen LogP contribution in [-0.2, 0) is 9.59 Å². The van der Waals surface area contributed by atoms with Crippen LogP contribution in [0.3, 0.4) is 0 Å². The van der Waals surface area contributed by atoms with E-state index >= 15 is 0 Å². The number of carbonyl (C=O) groups excluding carboxylic acids is 1. The summed E-state index contributed by atoms with van der Waals surface area (Å²) in [6, 6.07) is 0. The molecular weight excluding hydrogens is 280 g/mol. The predicted molar refractivity (Wildman–Crippen MR) is 88.8 cm³/mol. The van der Waals surface area contributed by atoms with Crippen molar-refractivity contribution < 1.29 is 19.8 Å². The molecule has 0 rings (SSSR count). The molecule has 0 radical (unpaired) electrons. The van der Waals surface area contributed by atoms with Gasteiger partial charge in [0.1, 0.15) is 6.10 Å². The maximum atomic E-state index is 11.7. The van der Waals surface area contributed by atoms with Gasteiger partial charge in [0.05, 0.1) is 0 Å². The largest absolute Gasteiger partial charge is 0.478 e. The van der Waals surface area contributed by atoms with Gasteiger partial charge in [-0.05, 0) is 19.3 Å². The Balaban J connectivity index is 3.59. The molecule has 0 heterocycles. The number of rotatable bonds is 14. The van der Waals surface area contributed by atoms with E-state index in [9.17, 15) is 14.7 Å². The van der Waals surface area contributed by atoms with Crippen LogP contribution >= 0.6 is 0 Å². The minimum atomic E-state index is -0.974. The number of hydrogen-bond donors (Lipinski definition) is 2. The molecule has 0 fully saturated rings. The molecule has 0 aromatic heterocycles. The van der Waals surface area contributed by atoms with Gasteiger partial charge in [-0.25, -0.2) is 4.79 Å².